The number of hydrogen-bond acceptors (Lipinski definition) is 3. The standard InChI is InChI=1S/C18H17NOS/c1-15(20)21-14-6-5-7-16-10-12-18(13-11-16)19-17-8-3-2-4-9-17/h2-4,8-13,19H,6,14H2,1H3. The van der Waals surface area contributed by atoms with Gasteiger partial charge in [-0.25, -0.2) is 0 Å². The topological polar surface area (TPSA) is 29.1 Å². The fraction of sp³-hybridized carbons (Fsp3) is 0.167. The van der Waals surface area contributed by atoms with Crippen molar-refractivity contribution in [3.8, 4) is 11.8 Å². The number of carbonyl (C=O) groups excluding carboxylic acids is 1. The molecule has 106 valence electrons. The van der Waals surface area contributed by atoms with Crippen LogP contribution in [0.15, 0.2) is 54.6 Å². The van der Waals surface area contributed by atoms with Gasteiger partial charge < -0.3 is 5.32 Å². The van der Waals surface area contributed by atoms with Crippen molar-refractivity contribution in [2.45, 2.75) is 13.3 Å². The van der Waals surface area contributed by atoms with Crippen molar-refractivity contribution in [2.24, 2.45) is 0 Å². The molecule has 21 heavy (non-hydrogen) atoms. The van der Waals surface area contributed by atoms with E-state index in [2.05, 4.69) is 17.2 Å². The Balaban J connectivity index is 1.87. The third-order valence-corrected chi connectivity index (χ3v) is 3.53. The van der Waals surface area contributed by atoms with Crippen molar-refractivity contribution in [2.75, 3.05) is 11.1 Å². The monoisotopic (exact) mass is 295 g/mol. The predicted molar refractivity (Wildman–Crippen MR) is 90.8 cm³/mol. The summed E-state index contributed by atoms with van der Waals surface area (Å²) in [5, 5.41) is 3.48. The first kappa shape index (κ1) is 15.2. The third kappa shape index (κ3) is 5.76. The van der Waals surface area contributed by atoms with Gasteiger partial charge in [0, 0.05) is 36.0 Å². The van der Waals surface area contributed by atoms with Crippen LogP contribution in [-0.4, -0.2) is 10.9 Å². The molecule has 0 heterocycles. The minimum atomic E-state index is 0.146. The first-order chi connectivity index (χ1) is 10.2. The average Bonchev–Trinajstić information content (AvgIpc) is 2.49. The van der Waals surface area contributed by atoms with E-state index in [9.17, 15) is 4.79 Å². The average molecular weight is 295 g/mol. The molecule has 0 unspecified atom stereocenters. The minimum Gasteiger partial charge on any atom is -0.356 e. The van der Waals surface area contributed by atoms with Crippen molar-refractivity contribution in [1.82, 2.24) is 0 Å². The first-order valence-corrected chi connectivity index (χ1v) is 7.77. The fourth-order valence-electron chi connectivity index (χ4n) is 1.74. The summed E-state index contributed by atoms with van der Waals surface area (Å²) in [5.74, 6) is 6.95. The molecule has 0 saturated heterocycles. The highest BCUT2D eigenvalue weighted by Gasteiger charge is 1.94. The smallest absolute Gasteiger partial charge is 0.185 e. The van der Waals surface area contributed by atoms with Crippen molar-refractivity contribution < 1.29 is 4.79 Å². The molecule has 2 aromatic rings. The Morgan fingerprint density at radius 2 is 1.71 bits per heavy atom. The van der Waals surface area contributed by atoms with Crippen molar-refractivity contribution in [1.29, 1.82) is 0 Å². The maximum atomic E-state index is 10.8. The number of para-hydroxylation sites is 1. The van der Waals surface area contributed by atoms with E-state index < -0.39 is 0 Å². The van der Waals surface area contributed by atoms with Crippen LogP contribution in [-0.2, 0) is 4.79 Å². The summed E-state index contributed by atoms with van der Waals surface area (Å²) in [6.45, 7) is 1.58. The van der Waals surface area contributed by atoms with Crippen molar-refractivity contribution in [3.05, 3.63) is 60.2 Å². The molecule has 0 saturated carbocycles. The molecule has 0 spiro atoms. The molecule has 1 N–H and O–H groups in total. The molecule has 2 aromatic carbocycles. The molecule has 2 rings (SSSR count). The van der Waals surface area contributed by atoms with Crippen LogP contribution in [0.4, 0.5) is 11.4 Å². The van der Waals surface area contributed by atoms with Crippen molar-refractivity contribution in [3.63, 3.8) is 0 Å². The van der Waals surface area contributed by atoms with E-state index >= 15 is 0 Å². The molecule has 0 aliphatic rings. The summed E-state index contributed by atoms with van der Waals surface area (Å²) in [6, 6.07) is 18.1. The van der Waals surface area contributed by atoms with E-state index in [0.717, 1.165) is 29.1 Å². The van der Waals surface area contributed by atoms with E-state index in [1.54, 1.807) is 6.92 Å². The molecule has 0 amide bonds. The quantitative estimate of drug-likeness (QED) is 0.667. The van der Waals surface area contributed by atoms with Crippen LogP contribution in [0.5, 0.6) is 0 Å². The number of thioether (sulfide) groups is 1. The maximum absolute atomic E-state index is 10.8. The van der Waals surface area contributed by atoms with E-state index in [-0.39, 0.29) is 5.12 Å². The molecule has 0 radical (unpaired) electrons. The molecule has 0 fully saturated rings. The summed E-state index contributed by atoms with van der Waals surface area (Å²) >= 11 is 1.32. The lowest BCUT2D eigenvalue weighted by atomic mass is 10.2. The van der Waals surface area contributed by atoms with Gasteiger partial charge in [0.2, 0.25) is 0 Å². The first-order valence-electron chi connectivity index (χ1n) is 6.78. The van der Waals surface area contributed by atoms with Gasteiger partial charge in [-0.1, -0.05) is 41.8 Å². The molecule has 2 nitrogen and oxygen atoms in total. The van der Waals surface area contributed by atoms with Gasteiger partial charge in [-0.05, 0) is 36.4 Å². The highest BCUT2D eigenvalue weighted by molar-refractivity contribution is 8.13. The van der Waals surface area contributed by atoms with E-state index in [4.69, 9.17) is 0 Å². The van der Waals surface area contributed by atoms with E-state index in [1.165, 1.54) is 11.8 Å². The molecule has 0 aliphatic heterocycles. The Hall–Kier alpha value is -2.18. The van der Waals surface area contributed by atoms with Gasteiger partial charge >= 0.3 is 0 Å². The lowest BCUT2D eigenvalue weighted by Crippen LogP contribution is -1.89. The number of nitrogens with one attached hydrogen (secondary N) is 1. The molecule has 0 atom stereocenters. The Morgan fingerprint density at radius 3 is 2.38 bits per heavy atom. The summed E-state index contributed by atoms with van der Waals surface area (Å²) < 4.78 is 0. The van der Waals surface area contributed by atoms with Gasteiger partial charge in [-0.15, -0.1) is 0 Å². The minimum absolute atomic E-state index is 0.146. The Morgan fingerprint density at radius 1 is 1.05 bits per heavy atom. The lowest BCUT2D eigenvalue weighted by molar-refractivity contribution is -0.109. The Kier molecular flexibility index (Phi) is 5.93. The zero-order valence-corrected chi connectivity index (χ0v) is 12.7. The molecular formula is C18H17NOS. The second-order valence-electron chi connectivity index (χ2n) is 4.46. The second-order valence-corrected chi connectivity index (χ2v) is 5.73. The van der Waals surface area contributed by atoms with Crippen LogP contribution in [0.25, 0.3) is 0 Å². The number of anilines is 2. The fourth-order valence-corrected chi connectivity index (χ4v) is 2.23. The van der Waals surface area contributed by atoms with Gasteiger partial charge in [0.05, 0.1) is 0 Å². The van der Waals surface area contributed by atoms with Gasteiger partial charge in [-0.3, -0.25) is 4.79 Å². The van der Waals surface area contributed by atoms with Gasteiger partial charge in [0.15, 0.2) is 5.12 Å². The molecule has 0 aliphatic carbocycles. The summed E-state index contributed by atoms with van der Waals surface area (Å²) in [5.41, 5.74) is 3.10. The molecule has 3 heteroatoms. The number of hydrogen-bond donors (Lipinski definition) is 1. The van der Waals surface area contributed by atoms with Gasteiger partial charge in [0.25, 0.3) is 0 Å². The van der Waals surface area contributed by atoms with Crippen LogP contribution < -0.4 is 5.32 Å². The zero-order valence-electron chi connectivity index (χ0n) is 11.9. The zero-order chi connectivity index (χ0) is 14.9. The van der Waals surface area contributed by atoms with Crippen LogP contribution in [0, 0.1) is 11.8 Å². The Labute approximate surface area is 130 Å². The van der Waals surface area contributed by atoms with Gasteiger partial charge in [-0.2, -0.15) is 0 Å². The second kappa shape index (κ2) is 8.18. The maximum Gasteiger partial charge on any atom is 0.185 e. The molecular weight excluding hydrogens is 278 g/mol. The normalized spacial score (nSPS) is 9.57. The van der Waals surface area contributed by atoms with Crippen LogP contribution in [0.3, 0.4) is 0 Å². The Bertz CT molecular complexity index is 638. The third-order valence-electron chi connectivity index (χ3n) is 2.71. The molecule has 0 aromatic heterocycles. The summed E-state index contributed by atoms with van der Waals surface area (Å²) in [7, 11) is 0. The van der Waals surface area contributed by atoms with Crippen LogP contribution in [0.2, 0.25) is 0 Å². The van der Waals surface area contributed by atoms with Crippen molar-refractivity contribution >= 4 is 28.3 Å². The summed E-state index contributed by atoms with van der Waals surface area (Å²) in [6.07, 6.45) is 0.730. The summed E-state index contributed by atoms with van der Waals surface area (Å²) in [4.78, 5) is 10.8. The van der Waals surface area contributed by atoms with Crippen LogP contribution in [0.1, 0.15) is 18.9 Å². The molecule has 0 bridgehead atoms. The largest absolute Gasteiger partial charge is 0.356 e. The number of rotatable bonds is 4. The number of benzene rings is 2. The highest BCUT2D eigenvalue weighted by atomic mass is 32.2. The van der Waals surface area contributed by atoms with E-state index in [0.29, 0.717) is 0 Å². The SMILES string of the molecule is CC(=O)SCCC#Cc1ccc(Nc2ccccc2)cc1. The van der Waals surface area contributed by atoms with Crippen LogP contribution >= 0.6 is 11.8 Å². The predicted octanol–water partition coefficient (Wildman–Crippen LogP) is 4.45. The lowest BCUT2D eigenvalue weighted by Gasteiger charge is -2.05. The van der Waals surface area contributed by atoms with E-state index in [1.807, 2.05) is 54.6 Å². The van der Waals surface area contributed by atoms with Gasteiger partial charge in [0.1, 0.15) is 0 Å². The number of carbonyl (C=O) groups is 1. The highest BCUT2D eigenvalue weighted by Crippen LogP contribution is 2.16.